The van der Waals surface area contributed by atoms with Crippen molar-refractivity contribution in [2.75, 3.05) is 17.7 Å². The largest absolute Gasteiger partial charge is 0.507 e. The number of aliphatic hydroxyl groups is 1. The fourth-order valence-corrected chi connectivity index (χ4v) is 7.71. The minimum Gasteiger partial charge on any atom is -0.507 e. The first-order valence-electron chi connectivity index (χ1n) is 13.9. The number of carbonyl (C=O) groups excluding carboxylic acids is 2. The molecule has 4 atom stereocenters. The second-order valence-corrected chi connectivity index (χ2v) is 12.0. The van der Waals surface area contributed by atoms with Gasteiger partial charge in [-0.3, -0.25) is 9.59 Å². The fraction of sp³-hybridized carbons (Fsp3) is 0.355. The maximum Gasteiger partial charge on any atom is 0.256 e. The summed E-state index contributed by atoms with van der Waals surface area (Å²) in [6.07, 6.45) is 6.34. The molecule has 10 heteroatoms. The number of aromatic hydroxyl groups is 1. The number of rotatable bonds is 6. The van der Waals surface area contributed by atoms with Crippen LogP contribution in [-0.4, -0.2) is 49.7 Å². The number of carbonyl (C=O) groups is 2. The number of amides is 2. The van der Waals surface area contributed by atoms with E-state index in [9.17, 15) is 19.8 Å². The van der Waals surface area contributed by atoms with Crippen molar-refractivity contribution in [3.63, 3.8) is 0 Å². The number of aromatic amines is 1. The van der Waals surface area contributed by atoms with Crippen LogP contribution >= 0.6 is 0 Å². The van der Waals surface area contributed by atoms with Crippen LogP contribution < -0.4 is 15.4 Å². The number of hydrogen-bond acceptors (Lipinski definition) is 7. The van der Waals surface area contributed by atoms with Crippen LogP contribution in [-0.2, 0) is 4.79 Å². The minimum atomic E-state index is -0.745. The molecule has 0 spiro atoms. The van der Waals surface area contributed by atoms with Crippen molar-refractivity contribution in [1.82, 2.24) is 15.0 Å². The van der Waals surface area contributed by atoms with Gasteiger partial charge in [-0.15, -0.1) is 0 Å². The molecule has 0 radical (unpaired) electrons. The van der Waals surface area contributed by atoms with Gasteiger partial charge >= 0.3 is 0 Å². The normalized spacial score (nSPS) is 26.2. The van der Waals surface area contributed by atoms with Crippen molar-refractivity contribution in [3.8, 4) is 22.9 Å². The van der Waals surface area contributed by atoms with Crippen molar-refractivity contribution in [2.24, 2.45) is 17.3 Å². The molecule has 8 rings (SSSR count). The number of nitrogens with one attached hydrogen (secondary N) is 3. The summed E-state index contributed by atoms with van der Waals surface area (Å²) in [5.74, 6) is 1.36. The second-order valence-electron chi connectivity index (χ2n) is 12.0. The third kappa shape index (κ3) is 4.48. The number of methoxy groups -OCH3 is 1. The lowest BCUT2D eigenvalue weighted by atomic mass is 9.47. The Hall–Kier alpha value is -4.44. The van der Waals surface area contributed by atoms with Gasteiger partial charge in [0.25, 0.3) is 5.91 Å². The van der Waals surface area contributed by atoms with E-state index in [4.69, 9.17) is 4.74 Å². The number of phenols is 1. The SMILES string of the molecule is COc1cc(NC(=O)C23C[C@@H]4C[C@@H](CC(O)(C4)C2)C3)cc(O)c1-c1nc2ccc(C(=O)Nc3ccccn3)cc2[nH]1. The topological polar surface area (TPSA) is 149 Å². The Kier molecular flexibility index (Phi) is 5.79. The lowest BCUT2D eigenvalue weighted by Gasteiger charge is -2.59. The number of hydrogen-bond donors (Lipinski definition) is 5. The quantitative estimate of drug-likeness (QED) is 0.229. The highest BCUT2D eigenvalue weighted by Crippen LogP contribution is 2.62. The van der Waals surface area contributed by atoms with Crippen LogP contribution in [0, 0.1) is 17.3 Å². The zero-order valence-electron chi connectivity index (χ0n) is 22.6. The fourth-order valence-electron chi connectivity index (χ4n) is 7.71. The molecular formula is C31H31N5O5. The molecule has 41 heavy (non-hydrogen) atoms. The van der Waals surface area contributed by atoms with E-state index in [0.717, 1.165) is 32.1 Å². The lowest BCUT2D eigenvalue weighted by Crippen LogP contribution is -2.59. The molecule has 0 aliphatic heterocycles. The number of aromatic nitrogens is 3. The number of anilines is 2. The van der Waals surface area contributed by atoms with Crippen molar-refractivity contribution < 1.29 is 24.5 Å². The van der Waals surface area contributed by atoms with Gasteiger partial charge in [0.2, 0.25) is 5.91 Å². The average Bonchev–Trinajstić information content (AvgIpc) is 3.34. The van der Waals surface area contributed by atoms with Gasteiger partial charge in [0.05, 0.1) is 29.2 Å². The summed E-state index contributed by atoms with van der Waals surface area (Å²) in [7, 11) is 1.49. The van der Waals surface area contributed by atoms with E-state index in [2.05, 4.69) is 25.6 Å². The molecule has 4 aromatic rings. The second kappa shape index (κ2) is 9.31. The summed E-state index contributed by atoms with van der Waals surface area (Å²) in [6, 6.07) is 13.5. The van der Waals surface area contributed by atoms with Crippen molar-refractivity contribution in [1.29, 1.82) is 0 Å². The lowest BCUT2D eigenvalue weighted by molar-refractivity contribution is -0.174. The highest BCUT2D eigenvalue weighted by atomic mass is 16.5. The Morgan fingerprint density at radius 1 is 1.05 bits per heavy atom. The van der Waals surface area contributed by atoms with E-state index in [0.29, 0.717) is 63.5 Å². The predicted octanol–water partition coefficient (Wildman–Crippen LogP) is 4.86. The number of nitrogens with zero attached hydrogens (tertiary/aromatic N) is 2. The average molecular weight is 554 g/mol. The molecular weight excluding hydrogens is 522 g/mol. The van der Waals surface area contributed by atoms with Crippen LogP contribution in [0.5, 0.6) is 11.5 Å². The number of fused-ring (bicyclic) bond motifs is 1. The van der Waals surface area contributed by atoms with Crippen LogP contribution in [0.25, 0.3) is 22.4 Å². The zero-order chi connectivity index (χ0) is 28.4. The Morgan fingerprint density at radius 2 is 1.85 bits per heavy atom. The van der Waals surface area contributed by atoms with Gasteiger partial charge in [0, 0.05) is 29.6 Å². The maximum atomic E-state index is 13.6. The van der Waals surface area contributed by atoms with Crippen LogP contribution in [0.1, 0.15) is 48.9 Å². The first-order valence-corrected chi connectivity index (χ1v) is 13.9. The summed E-state index contributed by atoms with van der Waals surface area (Å²) < 4.78 is 5.61. The van der Waals surface area contributed by atoms with Gasteiger partial charge in [-0.2, -0.15) is 0 Å². The van der Waals surface area contributed by atoms with E-state index in [-0.39, 0.29) is 17.6 Å². The zero-order valence-corrected chi connectivity index (χ0v) is 22.6. The molecule has 210 valence electrons. The molecule has 2 aromatic carbocycles. The van der Waals surface area contributed by atoms with E-state index in [1.807, 2.05) is 0 Å². The number of benzene rings is 2. The predicted molar refractivity (Wildman–Crippen MR) is 153 cm³/mol. The summed E-state index contributed by atoms with van der Waals surface area (Å²) in [5, 5.41) is 27.9. The maximum absolute atomic E-state index is 13.6. The van der Waals surface area contributed by atoms with Gasteiger partial charge < -0.3 is 30.6 Å². The number of H-pyrrole nitrogens is 1. The molecule has 0 saturated heterocycles. The van der Waals surface area contributed by atoms with Crippen LogP contribution in [0.2, 0.25) is 0 Å². The van der Waals surface area contributed by atoms with E-state index in [1.165, 1.54) is 13.2 Å². The van der Waals surface area contributed by atoms with E-state index in [1.54, 1.807) is 48.7 Å². The van der Waals surface area contributed by atoms with E-state index >= 15 is 0 Å². The van der Waals surface area contributed by atoms with Gasteiger partial charge in [0.15, 0.2) is 0 Å². The highest BCUT2D eigenvalue weighted by molar-refractivity contribution is 6.05. The molecule has 10 nitrogen and oxygen atoms in total. The summed E-state index contributed by atoms with van der Waals surface area (Å²) in [6.45, 7) is 0. The highest BCUT2D eigenvalue weighted by Gasteiger charge is 2.60. The molecule has 4 aliphatic carbocycles. The van der Waals surface area contributed by atoms with Gasteiger partial charge in [-0.05, 0) is 80.7 Å². The third-order valence-electron chi connectivity index (χ3n) is 8.96. The number of phenolic OH excluding ortho intramolecular Hbond substituents is 1. The molecule has 2 heterocycles. The number of ether oxygens (including phenoxy) is 1. The summed E-state index contributed by atoms with van der Waals surface area (Å²) in [5.41, 5.74) is 1.05. The molecule has 2 amide bonds. The Morgan fingerprint density at radius 3 is 2.56 bits per heavy atom. The minimum absolute atomic E-state index is 0.112. The van der Waals surface area contributed by atoms with Crippen LogP contribution in [0.3, 0.4) is 0 Å². The molecule has 4 bridgehead atoms. The molecule has 4 saturated carbocycles. The van der Waals surface area contributed by atoms with Crippen LogP contribution in [0.15, 0.2) is 54.7 Å². The Balaban J connectivity index is 1.14. The van der Waals surface area contributed by atoms with Gasteiger partial charge in [0.1, 0.15) is 28.7 Å². The van der Waals surface area contributed by atoms with Crippen LogP contribution in [0.4, 0.5) is 11.5 Å². The van der Waals surface area contributed by atoms with E-state index < -0.39 is 11.0 Å². The summed E-state index contributed by atoms with van der Waals surface area (Å²) in [4.78, 5) is 38.2. The molecule has 2 aromatic heterocycles. The van der Waals surface area contributed by atoms with Crippen molar-refractivity contribution in [2.45, 2.75) is 44.1 Å². The van der Waals surface area contributed by atoms with Crippen molar-refractivity contribution in [3.05, 3.63) is 60.3 Å². The van der Waals surface area contributed by atoms with Gasteiger partial charge in [-0.25, -0.2) is 9.97 Å². The molecule has 4 fully saturated rings. The standard InChI is InChI=1S/C31H31N5O5/c1-41-24-11-20(33-29(39)30-12-17-8-18(13-30)15-31(40,14-17)16-30)10-23(37)26(24)27-34-21-6-5-19(9-22(21)35-27)28(38)36-25-4-2-3-7-32-25/h2-7,9-11,17-18,37,40H,8,12-16H2,1H3,(H,33,39)(H,34,35)(H,32,36,38)/t17-,18+,30?,31?. The smallest absolute Gasteiger partial charge is 0.256 e. The Labute approximate surface area is 236 Å². The Bertz CT molecular complexity index is 1670. The number of imidazole rings is 1. The first kappa shape index (κ1) is 25.5. The third-order valence-corrected chi connectivity index (χ3v) is 8.96. The van der Waals surface area contributed by atoms with Crippen molar-refractivity contribution >= 4 is 34.4 Å². The first-order chi connectivity index (χ1) is 19.7. The molecule has 4 aliphatic rings. The molecule has 5 N–H and O–H groups in total. The number of pyridine rings is 1. The molecule has 2 unspecified atom stereocenters. The van der Waals surface area contributed by atoms with Gasteiger partial charge in [-0.1, -0.05) is 6.07 Å². The monoisotopic (exact) mass is 553 g/mol. The summed E-state index contributed by atoms with van der Waals surface area (Å²) >= 11 is 0.